The van der Waals surface area contributed by atoms with Gasteiger partial charge >= 0.3 is 6.01 Å². The molecule has 2 aromatic rings. The van der Waals surface area contributed by atoms with E-state index in [1.54, 1.807) is 32.0 Å². The van der Waals surface area contributed by atoms with Crippen LogP contribution in [0.1, 0.15) is 17.0 Å². The predicted octanol–water partition coefficient (Wildman–Crippen LogP) is 2.66. The highest BCUT2D eigenvalue weighted by atomic mass is 32.1. The van der Waals surface area contributed by atoms with Gasteiger partial charge in [0, 0.05) is 5.69 Å². The normalized spacial score (nSPS) is 10.3. The Morgan fingerprint density at radius 3 is 2.74 bits per heavy atom. The molecule has 0 fully saturated rings. The van der Waals surface area contributed by atoms with E-state index in [0.717, 1.165) is 0 Å². The molecular weight excluding hydrogens is 265 g/mol. The minimum absolute atomic E-state index is 0.0206. The van der Waals surface area contributed by atoms with Crippen LogP contribution in [-0.4, -0.2) is 15.0 Å². The van der Waals surface area contributed by atoms with Crippen molar-refractivity contribution in [2.45, 2.75) is 13.8 Å². The van der Waals surface area contributed by atoms with E-state index in [4.69, 9.17) is 22.7 Å². The van der Waals surface area contributed by atoms with Crippen LogP contribution in [0.4, 0.5) is 4.39 Å². The van der Waals surface area contributed by atoms with E-state index in [2.05, 4.69) is 9.97 Å². The third-order valence-electron chi connectivity index (χ3n) is 2.44. The Morgan fingerprint density at radius 2 is 2.05 bits per heavy atom. The molecule has 0 atom stereocenters. The number of halogens is 1. The van der Waals surface area contributed by atoms with Crippen LogP contribution in [0, 0.1) is 19.7 Å². The lowest BCUT2D eigenvalue weighted by molar-refractivity contribution is 0.408. The minimum atomic E-state index is -0.440. The summed E-state index contributed by atoms with van der Waals surface area (Å²) >= 11 is 4.85. The molecule has 98 valence electrons. The first-order chi connectivity index (χ1) is 8.97. The summed E-state index contributed by atoms with van der Waals surface area (Å²) < 4.78 is 19.2. The molecule has 19 heavy (non-hydrogen) atoms. The van der Waals surface area contributed by atoms with E-state index in [9.17, 15) is 4.39 Å². The molecule has 2 rings (SSSR count). The summed E-state index contributed by atoms with van der Waals surface area (Å²) in [5, 5.41) is 0. The van der Waals surface area contributed by atoms with Crippen LogP contribution < -0.4 is 10.5 Å². The summed E-state index contributed by atoms with van der Waals surface area (Å²) in [7, 11) is 0. The molecule has 2 N–H and O–H groups in total. The fraction of sp³-hybridized carbons (Fsp3) is 0.154. The Morgan fingerprint density at radius 1 is 1.32 bits per heavy atom. The second-order valence-electron chi connectivity index (χ2n) is 4.03. The van der Waals surface area contributed by atoms with Crippen LogP contribution in [0.2, 0.25) is 0 Å². The van der Waals surface area contributed by atoms with Crippen molar-refractivity contribution < 1.29 is 9.13 Å². The van der Waals surface area contributed by atoms with E-state index in [1.807, 2.05) is 0 Å². The predicted molar refractivity (Wildman–Crippen MR) is 73.9 cm³/mol. The maximum absolute atomic E-state index is 13.8. The van der Waals surface area contributed by atoms with Crippen molar-refractivity contribution in [2.75, 3.05) is 0 Å². The Hall–Kier alpha value is -2.08. The number of nitrogens with zero attached hydrogens (tertiary/aromatic N) is 2. The Labute approximate surface area is 115 Å². The molecule has 0 amide bonds. The number of aryl methyl sites for hydroxylation is 2. The zero-order chi connectivity index (χ0) is 14.0. The average molecular weight is 277 g/mol. The molecule has 6 heteroatoms. The average Bonchev–Trinajstić information content (AvgIpc) is 2.34. The highest BCUT2D eigenvalue weighted by Gasteiger charge is 2.11. The van der Waals surface area contributed by atoms with Gasteiger partial charge in [0.15, 0.2) is 11.6 Å². The lowest BCUT2D eigenvalue weighted by Gasteiger charge is -2.08. The third kappa shape index (κ3) is 3.03. The topological polar surface area (TPSA) is 61.0 Å². The van der Waals surface area contributed by atoms with Crippen molar-refractivity contribution in [3.05, 3.63) is 47.0 Å². The molecular formula is C13H12FN3OS. The van der Waals surface area contributed by atoms with Gasteiger partial charge in [0.25, 0.3) is 0 Å². The summed E-state index contributed by atoms with van der Waals surface area (Å²) in [6.45, 7) is 3.41. The van der Waals surface area contributed by atoms with Gasteiger partial charge in [0.2, 0.25) is 0 Å². The third-order valence-corrected chi connectivity index (χ3v) is 2.65. The Bertz CT molecular complexity index is 646. The summed E-state index contributed by atoms with van der Waals surface area (Å²) in [4.78, 5) is 8.24. The molecule has 0 aliphatic carbocycles. The van der Waals surface area contributed by atoms with Crippen LogP contribution in [0.3, 0.4) is 0 Å². The fourth-order valence-corrected chi connectivity index (χ4v) is 1.62. The maximum atomic E-state index is 13.8. The number of hydrogen-bond donors (Lipinski definition) is 1. The lowest BCUT2D eigenvalue weighted by Crippen LogP contribution is -2.13. The summed E-state index contributed by atoms with van der Waals surface area (Å²) in [6, 6.07) is 6.51. The van der Waals surface area contributed by atoms with Crippen molar-refractivity contribution in [1.29, 1.82) is 0 Å². The van der Waals surface area contributed by atoms with Crippen LogP contribution in [-0.2, 0) is 0 Å². The van der Waals surface area contributed by atoms with Gasteiger partial charge in [0.1, 0.15) is 10.7 Å². The van der Waals surface area contributed by atoms with Gasteiger partial charge < -0.3 is 10.5 Å². The molecule has 1 aromatic heterocycles. The second-order valence-corrected chi connectivity index (χ2v) is 4.47. The summed E-state index contributed by atoms with van der Waals surface area (Å²) in [6.07, 6.45) is 0. The Kier molecular flexibility index (Phi) is 3.71. The molecule has 0 aliphatic heterocycles. The van der Waals surface area contributed by atoms with Crippen LogP contribution >= 0.6 is 12.2 Å². The number of nitrogens with two attached hydrogens (primary N) is 1. The lowest BCUT2D eigenvalue weighted by atomic mass is 10.2. The zero-order valence-electron chi connectivity index (χ0n) is 10.5. The van der Waals surface area contributed by atoms with Crippen LogP contribution in [0.25, 0.3) is 0 Å². The summed E-state index contributed by atoms with van der Waals surface area (Å²) in [5.41, 5.74) is 7.03. The van der Waals surface area contributed by atoms with Gasteiger partial charge in [0.05, 0.1) is 0 Å². The van der Waals surface area contributed by atoms with Gasteiger partial charge in [-0.15, -0.1) is 0 Å². The monoisotopic (exact) mass is 277 g/mol. The number of rotatable bonds is 3. The minimum Gasteiger partial charge on any atom is -0.421 e. The van der Waals surface area contributed by atoms with Gasteiger partial charge in [-0.3, -0.25) is 0 Å². The van der Waals surface area contributed by atoms with Gasteiger partial charge in [-0.25, -0.2) is 9.37 Å². The maximum Gasteiger partial charge on any atom is 0.322 e. The smallest absolute Gasteiger partial charge is 0.322 e. The Balaban J connectivity index is 2.38. The van der Waals surface area contributed by atoms with E-state index in [1.165, 1.54) is 6.07 Å². The molecule has 1 heterocycles. The first-order valence-corrected chi connectivity index (χ1v) is 5.96. The molecule has 0 saturated heterocycles. The molecule has 0 spiro atoms. The number of hydrogen-bond acceptors (Lipinski definition) is 4. The van der Waals surface area contributed by atoms with E-state index < -0.39 is 5.82 Å². The number of ether oxygens (including phenoxy) is 1. The zero-order valence-corrected chi connectivity index (χ0v) is 11.3. The van der Waals surface area contributed by atoms with E-state index in [-0.39, 0.29) is 16.7 Å². The van der Waals surface area contributed by atoms with Crippen molar-refractivity contribution in [1.82, 2.24) is 9.97 Å². The molecule has 4 nitrogen and oxygen atoms in total. The van der Waals surface area contributed by atoms with E-state index >= 15 is 0 Å². The standard InChI is InChI=1S/C13H12FN3OS/c1-7-4-3-5-10(11(7)14)18-13-16-8(2)6-9(17-13)12(15)19/h3-6H,1-2H3,(H2,15,19). The molecule has 1 aromatic carbocycles. The molecule has 0 radical (unpaired) electrons. The van der Waals surface area contributed by atoms with Gasteiger partial charge in [-0.1, -0.05) is 24.4 Å². The van der Waals surface area contributed by atoms with Crippen molar-refractivity contribution in [3.8, 4) is 11.8 Å². The van der Waals surface area contributed by atoms with E-state index in [0.29, 0.717) is 17.0 Å². The highest BCUT2D eigenvalue weighted by molar-refractivity contribution is 7.80. The number of thiocarbonyl (C=S) groups is 1. The van der Waals surface area contributed by atoms with Crippen molar-refractivity contribution in [3.63, 3.8) is 0 Å². The van der Waals surface area contributed by atoms with Crippen LogP contribution in [0.15, 0.2) is 24.3 Å². The molecule has 0 saturated carbocycles. The summed E-state index contributed by atoms with van der Waals surface area (Å²) in [5.74, 6) is -0.371. The molecule has 0 aliphatic rings. The quantitative estimate of drug-likeness (QED) is 0.874. The first kappa shape index (κ1) is 13.4. The number of aromatic nitrogens is 2. The van der Waals surface area contributed by atoms with Crippen molar-refractivity contribution >= 4 is 17.2 Å². The largest absolute Gasteiger partial charge is 0.421 e. The van der Waals surface area contributed by atoms with Gasteiger partial charge in [-0.05, 0) is 31.5 Å². The first-order valence-electron chi connectivity index (χ1n) is 5.56. The van der Waals surface area contributed by atoms with Crippen molar-refractivity contribution in [2.24, 2.45) is 5.73 Å². The molecule has 0 bridgehead atoms. The fourth-order valence-electron chi connectivity index (χ4n) is 1.51. The van der Waals surface area contributed by atoms with Gasteiger partial charge in [-0.2, -0.15) is 4.98 Å². The number of benzene rings is 1. The molecule has 0 unspecified atom stereocenters. The highest BCUT2D eigenvalue weighted by Crippen LogP contribution is 2.24. The SMILES string of the molecule is Cc1cc(C(N)=S)nc(Oc2cccc(C)c2F)n1. The van der Waals surface area contributed by atoms with Crippen LogP contribution in [0.5, 0.6) is 11.8 Å². The second kappa shape index (κ2) is 5.27.